The van der Waals surface area contributed by atoms with Crippen LogP contribution in [0.15, 0.2) is 54.6 Å². The Labute approximate surface area is 151 Å². The summed E-state index contributed by atoms with van der Waals surface area (Å²) in [5, 5.41) is 7.16. The van der Waals surface area contributed by atoms with E-state index in [0.717, 1.165) is 17.7 Å². The molecular formula is C20H20FN3O2. The topological polar surface area (TPSA) is 56.1 Å². The minimum absolute atomic E-state index is 0.161. The number of rotatable bonds is 6. The van der Waals surface area contributed by atoms with Crippen molar-refractivity contribution in [3.63, 3.8) is 0 Å². The van der Waals surface area contributed by atoms with Crippen LogP contribution in [0.3, 0.4) is 0 Å². The zero-order valence-electron chi connectivity index (χ0n) is 14.7. The number of amides is 1. The lowest BCUT2D eigenvalue weighted by molar-refractivity contribution is 0.0941. The molecule has 0 radical (unpaired) electrons. The molecule has 1 N–H and O–H groups in total. The van der Waals surface area contributed by atoms with E-state index in [1.165, 1.54) is 12.1 Å². The van der Waals surface area contributed by atoms with Crippen molar-refractivity contribution in [1.29, 1.82) is 0 Å². The average molecular weight is 353 g/mol. The summed E-state index contributed by atoms with van der Waals surface area (Å²) in [7, 11) is 1.76. The molecule has 1 amide bonds. The maximum absolute atomic E-state index is 12.9. The Hall–Kier alpha value is -3.15. The van der Waals surface area contributed by atoms with E-state index in [0.29, 0.717) is 23.7 Å². The van der Waals surface area contributed by atoms with E-state index in [-0.39, 0.29) is 11.7 Å². The van der Waals surface area contributed by atoms with E-state index in [1.807, 2.05) is 31.2 Å². The second-order valence-corrected chi connectivity index (χ2v) is 5.88. The van der Waals surface area contributed by atoms with Crippen molar-refractivity contribution in [2.24, 2.45) is 7.05 Å². The minimum atomic E-state index is -0.303. The van der Waals surface area contributed by atoms with Gasteiger partial charge < -0.3 is 10.1 Å². The van der Waals surface area contributed by atoms with Crippen LogP contribution in [0.25, 0.3) is 0 Å². The number of aryl methyl sites for hydroxylation is 2. The summed E-state index contributed by atoms with van der Waals surface area (Å²) in [5.74, 6) is 0.746. The third kappa shape index (κ3) is 4.27. The van der Waals surface area contributed by atoms with Gasteiger partial charge in [-0.3, -0.25) is 9.48 Å². The number of benzene rings is 2. The average Bonchev–Trinajstić information content (AvgIpc) is 3.04. The predicted octanol–water partition coefficient (Wildman–Crippen LogP) is 3.84. The van der Waals surface area contributed by atoms with Crippen LogP contribution in [0.1, 0.15) is 28.7 Å². The number of nitrogens with zero attached hydrogens (tertiary/aromatic N) is 2. The quantitative estimate of drug-likeness (QED) is 0.732. The molecule has 2 aromatic carbocycles. The van der Waals surface area contributed by atoms with Gasteiger partial charge in [0, 0.05) is 13.6 Å². The van der Waals surface area contributed by atoms with Crippen molar-refractivity contribution in [1.82, 2.24) is 15.1 Å². The Morgan fingerprint density at radius 1 is 1.12 bits per heavy atom. The summed E-state index contributed by atoms with van der Waals surface area (Å²) < 4.78 is 20.1. The lowest BCUT2D eigenvalue weighted by Crippen LogP contribution is -2.25. The van der Waals surface area contributed by atoms with Gasteiger partial charge in [0.15, 0.2) is 0 Å². The monoisotopic (exact) mass is 353 g/mol. The van der Waals surface area contributed by atoms with Crippen LogP contribution in [0.2, 0.25) is 0 Å². The van der Waals surface area contributed by atoms with Gasteiger partial charge in [-0.05, 0) is 54.4 Å². The molecule has 26 heavy (non-hydrogen) atoms. The van der Waals surface area contributed by atoms with E-state index in [1.54, 1.807) is 29.9 Å². The van der Waals surface area contributed by atoms with Gasteiger partial charge in [-0.1, -0.05) is 19.1 Å². The number of aromatic nitrogens is 2. The highest BCUT2D eigenvalue weighted by Gasteiger charge is 2.12. The van der Waals surface area contributed by atoms with Gasteiger partial charge in [0.25, 0.3) is 5.91 Å². The zero-order chi connectivity index (χ0) is 18.5. The summed E-state index contributed by atoms with van der Waals surface area (Å²) in [6.45, 7) is 2.40. The van der Waals surface area contributed by atoms with Crippen LogP contribution in [0.5, 0.6) is 11.5 Å². The Balaban J connectivity index is 1.57. The molecule has 0 aliphatic rings. The fraction of sp³-hybridized carbons (Fsp3) is 0.200. The normalized spacial score (nSPS) is 10.6. The van der Waals surface area contributed by atoms with Crippen LogP contribution in [-0.2, 0) is 20.0 Å². The van der Waals surface area contributed by atoms with Crippen molar-refractivity contribution in [2.75, 3.05) is 0 Å². The molecule has 0 bridgehead atoms. The van der Waals surface area contributed by atoms with Crippen molar-refractivity contribution >= 4 is 5.91 Å². The lowest BCUT2D eigenvalue weighted by Gasteiger charge is -2.08. The molecule has 0 fully saturated rings. The second-order valence-electron chi connectivity index (χ2n) is 5.88. The first kappa shape index (κ1) is 17.7. The zero-order valence-corrected chi connectivity index (χ0v) is 14.7. The van der Waals surface area contributed by atoms with E-state index >= 15 is 0 Å². The molecule has 0 saturated carbocycles. The Morgan fingerprint density at radius 2 is 1.73 bits per heavy atom. The number of nitrogens with one attached hydrogen (secondary N) is 1. The Kier molecular flexibility index (Phi) is 5.31. The van der Waals surface area contributed by atoms with Crippen molar-refractivity contribution in [3.05, 3.63) is 77.4 Å². The molecule has 0 aliphatic heterocycles. The number of carbonyl (C=O) groups excluding carboxylic acids is 1. The third-order valence-corrected chi connectivity index (χ3v) is 3.95. The van der Waals surface area contributed by atoms with Crippen molar-refractivity contribution < 1.29 is 13.9 Å². The van der Waals surface area contributed by atoms with Gasteiger partial charge in [0.05, 0.1) is 5.69 Å². The molecule has 0 atom stereocenters. The molecule has 134 valence electrons. The maximum atomic E-state index is 12.9. The van der Waals surface area contributed by atoms with Crippen LogP contribution < -0.4 is 10.1 Å². The Bertz CT molecular complexity index is 886. The molecule has 1 aromatic heterocycles. The van der Waals surface area contributed by atoms with Crippen molar-refractivity contribution in [2.45, 2.75) is 19.9 Å². The first-order valence-corrected chi connectivity index (χ1v) is 8.38. The molecule has 0 saturated heterocycles. The molecule has 0 aliphatic carbocycles. The fourth-order valence-electron chi connectivity index (χ4n) is 2.50. The van der Waals surface area contributed by atoms with E-state index in [9.17, 15) is 9.18 Å². The highest BCUT2D eigenvalue weighted by Crippen LogP contribution is 2.21. The summed E-state index contributed by atoms with van der Waals surface area (Å²) in [5.41, 5.74) is 2.38. The number of halogens is 1. The van der Waals surface area contributed by atoms with E-state index in [2.05, 4.69) is 10.4 Å². The maximum Gasteiger partial charge on any atom is 0.269 e. The van der Waals surface area contributed by atoms with Gasteiger partial charge in [0.1, 0.15) is 23.0 Å². The van der Waals surface area contributed by atoms with E-state index in [4.69, 9.17) is 4.74 Å². The number of carbonyl (C=O) groups is 1. The first-order chi connectivity index (χ1) is 12.5. The standard InChI is InChI=1S/C20H20FN3O2/c1-3-16-12-19(24(2)23-16)20(25)22-13-14-4-8-17(9-5-14)26-18-10-6-15(21)7-11-18/h4-12H,3,13H2,1-2H3,(H,22,25). The molecule has 3 rings (SSSR count). The van der Waals surface area contributed by atoms with Gasteiger partial charge in [-0.2, -0.15) is 5.10 Å². The summed E-state index contributed by atoms with van der Waals surface area (Å²) in [6, 6.07) is 15.0. The van der Waals surface area contributed by atoms with Gasteiger partial charge in [0.2, 0.25) is 0 Å². The number of hydrogen-bond donors (Lipinski definition) is 1. The largest absolute Gasteiger partial charge is 0.457 e. The summed E-state index contributed by atoms with van der Waals surface area (Å²) in [4.78, 5) is 12.3. The van der Waals surface area contributed by atoms with E-state index < -0.39 is 0 Å². The molecule has 3 aromatic rings. The first-order valence-electron chi connectivity index (χ1n) is 8.38. The molecule has 1 heterocycles. The highest BCUT2D eigenvalue weighted by atomic mass is 19.1. The third-order valence-electron chi connectivity index (χ3n) is 3.95. The van der Waals surface area contributed by atoms with Gasteiger partial charge in [-0.25, -0.2) is 4.39 Å². The highest BCUT2D eigenvalue weighted by molar-refractivity contribution is 5.92. The lowest BCUT2D eigenvalue weighted by atomic mass is 10.2. The molecule has 5 nitrogen and oxygen atoms in total. The fourth-order valence-corrected chi connectivity index (χ4v) is 2.50. The molecule has 6 heteroatoms. The van der Waals surface area contributed by atoms with Crippen LogP contribution in [0.4, 0.5) is 4.39 Å². The minimum Gasteiger partial charge on any atom is -0.457 e. The Morgan fingerprint density at radius 3 is 2.31 bits per heavy atom. The van der Waals surface area contributed by atoms with Crippen LogP contribution in [-0.4, -0.2) is 15.7 Å². The molecule has 0 unspecified atom stereocenters. The summed E-state index contributed by atoms with van der Waals surface area (Å²) in [6.07, 6.45) is 0.788. The molecule has 0 spiro atoms. The molecular weight excluding hydrogens is 333 g/mol. The number of hydrogen-bond acceptors (Lipinski definition) is 3. The van der Waals surface area contributed by atoms with Crippen LogP contribution >= 0.6 is 0 Å². The van der Waals surface area contributed by atoms with Gasteiger partial charge in [-0.15, -0.1) is 0 Å². The van der Waals surface area contributed by atoms with Crippen LogP contribution in [0, 0.1) is 5.82 Å². The predicted molar refractivity (Wildman–Crippen MR) is 96.7 cm³/mol. The van der Waals surface area contributed by atoms with Crippen molar-refractivity contribution in [3.8, 4) is 11.5 Å². The number of ether oxygens (including phenoxy) is 1. The smallest absolute Gasteiger partial charge is 0.269 e. The second kappa shape index (κ2) is 7.82. The summed E-state index contributed by atoms with van der Waals surface area (Å²) >= 11 is 0. The SMILES string of the molecule is CCc1cc(C(=O)NCc2ccc(Oc3ccc(F)cc3)cc2)n(C)n1. The van der Waals surface area contributed by atoms with Gasteiger partial charge >= 0.3 is 0 Å².